The first kappa shape index (κ1) is 27.5. The number of quaternary nitrogens is 1. The maximum absolute atomic E-state index is 2.40. The van der Waals surface area contributed by atoms with Crippen LogP contribution in [0.1, 0.15) is 123 Å². The van der Waals surface area contributed by atoms with Crippen LogP contribution in [0.15, 0.2) is 0 Å². The van der Waals surface area contributed by atoms with Crippen LogP contribution in [0.5, 0.6) is 0 Å². The van der Waals surface area contributed by atoms with Gasteiger partial charge in [0.2, 0.25) is 0 Å². The van der Waals surface area contributed by atoms with Crippen molar-refractivity contribution in [3.8, 4) is 0 Å². The maximum atomic E-state index is 2.40. The van der Waals surface area contributed by atoms with Gasteiger partial charge < -0.3 is 16.9 Å². The summed E-state index contributed by atoms with van der Waals surface area (Å²) in [4.78, 5) is 0. The Kier molecular flexibility index (Phi) is 20.9. The van der Waals surface area contributed by atoms with E-state index < -0.39 is 0 Å². The highest BCUT2D eigenvalue weighted by Gasteiger charge is 2.22. The van der Waals surface area contributed by atoms with Crippen LogP contribution in [-0.4, -0.2) is 31.7 Å². The molecule has 0 radical (unpaired) electrons. The lowest BCUT2D eigenvalue weighted by Gasteiger charge is -2.34. The van der Waals surface area contributed by atoms with Crippen molar-refractivity contribution in [2.45, 2.75) is 129 Å². The normalized spacial score (nSPS) is 12.8. The monoisotopic (exact) mass is 375 g/mol. The zero-order valence-corrected chi connectivity index (χ0v) is 19.2. The van der Waals surface area contributed by atoms with E-state index in [-0.39, 0.29) is 12.4 Å². The van der Waals surface area contributed by atoms with Crippen LogP contribution in [-0.2, 0) is 0 Å². The molecule has 0 aliphatic heterocycles. The smallest absolute Gasteiger partial charge is 0.0884 e. The minimum atomic E-state index is 0. The fourth-order valence-corrected chi connectivity index (χ4v) is 3.77. The van der Waals surface area contributed by atoms with Crippen molar-refractivity contribution in [2.75, 3.05) is 21.1 Å². The Morgan fingerprint density at radius 2 is 0.760 bits per heavy atom. The van der Waals surface area contributed by atoms with E-state index in [4.69, 9.17) is 0 Å². The predicted molar refractivity (Wildman–Crippen MR) is 112 cm³/mol. The Labute approximate surface area is 167 Å². The zero-order chi connectivity index (χ0) is 18.1. The van der Waals surface area contributed by atoms with Gasteiger partial charge in [0.25, 0.3) is 0 Å². The number of halogens is 1. The number of hydrogen-bond donors (Lipinski definition) is 0. The Morgan fingerprint density at radius 3 is 1.04 bits per heavy atom. The second-order valence-electron chi connectivity index (χ2n) is 8.94. The standard InChI is InChI=1S/C23H50N.ClH/c1-6-8-10-12-14-16-18-20-22-23(24(3,4)5)21-19-17-15-13-11-9-7-2;/h23H,6-22H2,1-5H3;1H/q+1;/p-1. The van der Waals surface area contributed by atoms with Gasteiger partial charge in [0.15, 0.2) is 0 Å². The van der Waals surface area contributed by atoms with Crippen LogP contribution >= 0.6 is 0 Å². The fourth-order valence-electron chi connectivity index (χ4n) is 3.77. The van der Waals surface area contributed by atoms with E-state index in [9.17, 15) is 0 Å². The molecule has 154 valence electrons. The lowest BCUT2D eigenvalue weighted by atomic mass is 9.98. The second-order valence-corrected chi connectivity index (χ2v) is 8.94. The summed E-state index contributed by atoms with van der Waals surface area (Å²) in [5.41, 5.74) is 0. The van der Waals surface area contributed by atoms with E-state index in [0.717, 1.165) is 10.5 Å². The third kappa shape index (κ3) is 18.8. The quantitative estimate of drug-likeness (QED) is 0.240. The molecule has 0 spiro atoms. The van der Waals surface area contributed by atoms with Crippen molar-refractivity contribution >= 4 is 0 Å². The van der Waals surface area contributed by atoms with E-state index >= 15 is 0 Å². The molecule has 1 nitrogen and oxygen atoms in total. The molecule has 0 aromatic heterocycles. The van der Waals surface area contributed by atoms with E-state index in [1.54, 1.807) is 0 Å². The molecule has 0 amide bonds. The highest BCUT2D eigenvalue weighted by molar-refractivity contribution is 4.60. The van der Waals surface area contributed by atoms with Gasteiger partial charge in [0.05, 0.1) is 27.2 Å². The minimum absolute atomic E-state index is 0. The summed E-state index contributed by atoms with van der Waals surface area (Å²) in [6, 6.07) is 0.876. The van der Waals surface area contributed by atoms with Gasteiger partial charge >= 0.3 is 0 Å². The third-order valence-corrected chi connectivity index (χ3v) is 5.63. The van der Waals surface area contributed by atoms with Gasteiger partial charge in [-0.25, -0.2) is 0 Å². The topological polar surface area (TPSA) is 0 Å². The maximum Gasteiger partial charge on any atom is 0.0884 e. The van der Waals surface area contributed by atoms with Crippen LogP contribution in [0.3, 0.4) is 0 Å². The van der Waals surface area contributed by atoms with Crippen molar-refractivity contribution in [2.24, 2.45) is 0 Å². The summed E-state index contributed by atoms with van der Waals surface area (Å²) in [5.74, 6) is 0. The minimum Gasteiger partial charge on any atom is -1.00 e. The highest BCUT2D eigenvalue weighted by Crippen LogP contribution is 2.20. The van der Waals surface area contributed by atoms with Crippen LogP contribution in [0.4, 0.5) is 0 Å². The molecule has 25 heavy (non-hydrogen) atoms. The summed E-state index contributed by atoms with van der Waals surface area (Å²) >= 11 is 0. The van der Waals surface area contributed by atoms with Crippen molar-refractivity contribution in [1.82, 2.24) is 0 Å². The van der Waals surface area contributed by atoms with Crippen LogP contribution in [0.25, 0.3) is 0 Å². The fraction of sp³-hybridized carbons (Fsp3) is 1.00. The van der Waals surface area contributed by atoms with E-state index in [2.05, 4.69) is 35.0 Å². The molecule has 0 aliphatic rings. The zero-order valence-electron chi connectivity index (χ0n) is 18.4. The molecule has 0 aromatic carbocycles. The lowest BCUT2D eigenvalue weighted by Crippen LogP contribution is -3.00. The van der Waals surface area contributed by atoms with Crippen LogP contribution in [0.2, 0.25) is 0 Å². The lowest BCUT2D eigenvalue weighted by molar-refractivity contribution is -0.896. The summed E-state index contributed by atoms with van der Waals surface area (Å²) in [7, 11) is 7.20. The molecular weight excluding hydrogens is 326 g/mol. The van der Waals surface area contributed by atoms with Crippen LogP contribution < -0.4 is 12.4 Å². The molecule has 0 aliphatic carbocycles. The Balaban J connectivity index is 0. The SMILES string of the molecule is CCCCCCCCCCC(CCCCCCCCC)[N+](C)(C)C.[Cl-]. The summed E-state index contributed by atoms with van der Waals surface area (Å²) in [5, 5.41) is 0. The first-order chi connectivity index (χ1) is 11.5. The molecule has 1 unspecified atom stereocenters. The summed E-state index contributed by atoms with van der Waals surface area (Å²) in [6.07, 6.45) is 24.5. The van der Waals surface area contributed by atoms with E-state index in [0.29, 0.717) is 0 Å². The molecule has 2 heteroatoms. The predicted octanol–water partition coefficient (Wildman–Crippen LogP) is 4.74. The molecule has 0 rings (SSSR count). The molecule has 0 N–H and O–H groups in total. The van der Waals surface area contributed by atoms with Gasteiger partial charge in [-0.05, 0) is 25.7 Å². The number of hydrogen-bond acceptors (Lipinski definition) is 0. The summed E-state index contributed by atoms with van der Waals surface area (Å²) in [6.45, 7) is 4.60. The van der Waals surface area contributed by atoms with Gasteiger partial charge in [-0.2, -0.15) is 0 Å². The number of nitrogens with zero attached hydrogens (tertiary/aromatic N) is 1. The molecular formula is C23H50ClN. The number of unbranched alkanes of at least 4 members (excludes halogenated alkanes) is 13. The Bertz CT molecular complexity index is 247. The average Bonchev–Trinajstić information content (AvgIpc) is 2.53. The number of rotatable bonds is 18. The van der Waals surface area contributed by atoms with Gasteiger partial charge in [-0.15, -0.1) is 0 Å². The third-order valence-electron chi connectivity index (χ3n) is 5.63. The van der Waals surface area contributed by atoms with Gasteiger partial charge in [-0.1, -0.05) is 97.3 Å². The largest absolute Gasteiger partial charge is 1.00 e. The van der Waals surface area contributed by atoms with Crippen molar-refractivity contribution < 1.29 is 16.9 Å². The van der Waals surface area contributed by atoms with Crippen molar-refractivity contribution in [3.63, 3.8) is 0 Å². The molecule has 0 aromatic rings. The molecule has 0 heterocycles. The molecule has 1 atom stereocenters. The molecule has 0 saturated carbocycles. The van der Waals surface area contributed by atoms with Gasteiger partial charge in [0.1, 0.15) is 0 Å². The van der Waals surface area contributed by atoms with E-state index in [1.807, 2.05) is 0 Å². The molecule has 0 bridgehead atoms. The van der Waals surface area contributed by atoms with E-state index in [1.165, 1.54) is 109 Å². The first-order valence-corrected chi connectivity index (χ1v) is 11.3. The van der Waals surface area contributed by atoms with Gasteiger partial charge in [0, 0.05) is 0 Å². The second kappa shape index (κ2) is 19.0. The molecule has 0 saturated heterocycles. The molecule has 0 fully saturated rings. The summed E-state index contributed by atoms with van der Waals surface area (Å²) < 4.78 is 1.16. The van der Waals surface area contributed by atoms with Crippen molar-refractivity contribution in [3.05, 3.63) is 0 Å². The van der Waals surface area contributed by atoms with Crippen LogP contribution in [0, 0.1) is 0 Å². The van der Waals surface area contributed by atoms with Crippen molar-refractivity contribution in [1.29, 1.82) is 0 Å². The Morgan fingerprint density at radius 1 is 0.480 bits per heavy atom. The van der Waals surface area contributed by atoms with Gasteiger partial charge in [-0.3, -0.25) is 0 Å². The average molecular weight is 376 g/mol. The first-order valence-electron chi connectivity index (χ1n) is 11.3. The highest BCUT2D eigenvalue weighted by atomic mass is 35.5. The Hall–Kier alpha value is 0.250.